The molecule has 1 saturated heterocycles. The van der Waals surface area contributed by atoms with Crippen LogP contribution in [0.4, 0.5) is 5.69 Å². The molecule has 1 aromatic rings. The van der Waals surface area contributed by atoms with Gasteiger partial charge in [-0.3, -0.25) is 4.72 Å². The van der Waals surface area contributed by atoms with Gasteiger partial charge < -0.3 is 10.5 Å². The predicted octanol–water partition coefficient (Wildman–Crippen LogP) is 2.00. The molecule has 0 amide bonds. The van der Waals surface area contributed by atoms with Crippen molar-refractivity contribution in [1.82, 2.24) is 0 Å². The molecule has 2 rings (SSSR count). The molecule has 0 bridgehead atoms. The number of hydrogen-bond donors (Lipinski definition) is 2. The fraction of sp³-hybridized carbons (Fsp3) is 0.417. The van der Waals surface area contributed by atoms with E-state index in [0.29, 0.717) is 37.3 Å². The Morgan fingerprint density at radius 1 is 1.40 bits per heavy atom. The van der Waals surface area contributed by atoms with Crippen LogP contribution >= 0.6 is 28.1 Å². The van der Waals surface area contributed by atoms with E-state index >= 15 is 0 Å². The lowest BCUT2D eigenvalue weighted by Gasteiger charge is -2.23. The smallest absolute Gasteiger partial charge is 0.235 e. The van der Waals surface area contributed by atoms with Gasteiger partial charge in [-0.05, 0) is 31.0 Å². The second-order valence-corrected chi connectivity index (χ2v) is 7.83. The third-order valence-corrected chi connectivity index (χ3v) is 5.67. The molecular formula is C12H15BrN2O3S2. The first-order valence-corrected chi connectivity index (χ1v) is 8.83. The molecule has 5 nitrogen and oxygen atoms in total. The van der Waals surface area contributed by atoms with E-state index in [1.54, 1.807) is 18.2 Å². The van der Waals surface area contributed by atoms with E-state index in [1.165, 1.54) is 0 Å². The van der Waals surface area contributed by atoms with E-state index in [9.17, 15) is 8.42 Å². The first kappa shape index (κ1) is 15.7. The molecule has 0 spiro atoms. The predicted molar refractivity (Wildman–Crippen MR) is 86.4 cm³/mol. The molecule has 0 saturated carbocycles. The zero-order valence-corrected chi connectivity index (χ0v) is 13.9. The summed E-state index contributed by atoms with van der Waals surface area (Å²) in [5.41, 5.74) is 6.55. The third kappa shape index (κ3) is 3.69. The van der Waals surface area contributed by atoms with Crippen LogP contribution in [0.1, 0.15) is 18.4 Å². The molecular weight excluding hydrogens is 364 g/mol. The lowest BCUT2D eigenvalue weighted by atomic mass is 10.2. The largest absolute Gasteiger partial charge is 0.389 e. The highest BCUT2D eigenvalue weighted by atomic mass is 79.9. The molecule has 1 aliphatic heterocycles. The number of nitrogens with one attached hydrogen (secondary N) is 1. The molecule has 20 heavy (non-hydrogen) atoms. The number of benzene rings is 1. The van der Waals surface area contributed by atoms with Crippen LogP contribution in [-0.4, -0.2) is 31.9 Å². The van der Waals surface area contributed by atoms with Gasteiger partial charge in [0.05, 0.1) is 10.9 Å². The average Bonchev–Trinajstić information content (AvgIpc) is 2.41. The van der Waals surface area contributed by atoms with Gasteiger partial charge in [0.25, 0.3) is 0 Å². The molecule has 1 fully saturated rings. The van der Waals surface area contributed by atoms with Gasteiger partial charge in [-0.1, -0.05) is 28.1 Å². The summed E-state index contributed by atoms with van der Waals surface area (Å²) < 4.78 is 33.3. The van der Waals surface area contributed by atoms with Crippen molar-refractivity contribution in [2.24, 2.45) is 5.73 Å². The topological polar surface area (TPSA) is 81.4 Å². The minimum Gasteiger partial charge on any atom is -0.389 e. The summed E-state index contributed by atoms with van der Waals surface area (Å²) >= 11 is 8.27. The van der Waals surface area contributed by atoms with Crippen molar-refractivity contribution in [1.29, 1.82) is 0 Å². The molecule has 3 N–H and O–H groups in total. The summed E-state index contributed by atoms with van der Waals surface area (Å²) in [7, 11) is -3.47. The monoisotopic (exact) mass is 378 g/mol. The number of nitrogens with two attached hydrogens (primary N) is 1. The molecule has 1 heterocycles. The minimum absolute atomic E-state index is 0.149. The molecule has 0 radical (unpaired) electrons. The Kier molecular flexibility index (Phi) is 5.00. The van der Waals surface area contributed by atoms with Gasteiger partial charge in [-0.15, -0.1) is 0 Å². The Balaban J connectivity index is 2.27. The summed E-state index contributed by atoms with van der Waals surface area (Å²) in [6.45, 7) is 0.933. The van der Waals surface area contributed by atoms with E-state index in [-0.39, 0.29) is 4.99 Å². The zero-order valence-electron chi connectivity index (χ0n) is 10.6. The number of hydrogen-bond acceptors (Lipinski definition) is 4. The maximum atomic E-state index is 12.4. The van der Waals surface area contributed by atoms with E-state index in [2.05, 4.69) is 20.7 Å². The van der Waals surface area contributed by atoms with Crippen LogP contribution in [0.25, 0.3) is 0 Å². The summed E-state index contributed by atoms with van der Waals surface area (Å²) in [4.78, 5) is 0.149. The summed E-state index contributed by atoms with van der Waals surface area (Å²) in [6, 6.07) is 5.09. The first-order valence-electron chi connectivity index (χ1n) is 6.09. The Bertz CT molecular complexity index is 613. The first-order chi connectivity index (χ1) is 9.40. The number of ether oxygens (including phenoxy) is 1. The third-order valence-electron chi connectivity index (χ3n) is 3.11. The Hall–Kier alpha value is -0.700. The summed E-state index contributed by atoms with van der Waals surface area (Å²) in [6.07, 6.45) is 0.989. The van der Waals surface area contributed by atoms with Crippen LogP contribution in [0, 0.1) is 0 Å². The molecule has 110 valence electrons. The second kappa shape index (κ2) is 6.38. The van der Waals surface area contributed by atoms with Crippen molar-refractivity contribution in [3.8, 4) is 0 Å². The SMILES string of the molecule is NC(=S)c1cc(Br)ccc1NS(=O)(=O)C1CCOCC1. The average molecular weight is 379 g/mol. The summed E-state index contributed by atoms with van der Waals surface area (Å²) in [5.74, 6) is 0. The highest BCUT2D eigenvalue weighted by Crippen LogP contribution is 2.25. The van der Waals surface area contributed by atoms with Crippen LogP contribution in [0.3, 0.4) is 0 Å². The number of sulfonamides is 1. The van der Waals surface area contributed by atoms with E-state index in [4.69, 9.17) is 22.7 Å². The van der Waals surface area contributed by atoms with Crippen LogP contribution in [0.15, 0.2) is 22.7 Å². The van der Waals surface area contributed by atoms with Crippen molar-refractivity contribution in [2.75, 3.05) is 17.9 Å². The molecule has 0 aromatic heterocycles. The molecule has 1 aliphatic rings. The number of rotatable bonds is 4. The van der Waals surface area contributed by atoms with Gasteiger partial charge in [-0.2, -0.15) is 0 Å². The van der Waals surface area contributed by atoms with Crippen LogP contribution in [0.5, 0.6) is 0 Å². The highest BCUT2D eigenvalue weighted by molar-refractivity contribution is 9.10. The van der Waals surface area contributed by atoms with E-state index in [1.807, 2.05) is 0 Å². The van der Waals surface area contributed by atoms with Gasteiger partial charge >= 0.3 is 0 Å². The van der Waals surface area contributed by atoms with E-state index in [0.717, 1.165) is 4.47 Å². The van der Waals surface area contributed by atoms with Gasteiger partial charge in [0, 0.05) is 23.2 Å². The van der Waals surface area contributed by atoms with Crippen LogP contribution in [-0.2, 0) is 14.8 Å². The number of anilines is 1. The van der Waals surface area contributed by atoms with Crippen molar-refractivity contribution in [2.45, 2.75) is 18.1 Å². The van der Waals surface area contributed by atoms with Crippen molar-refractivity contribution in [3.63, 3.8) is 0 Å². The molecule has 0 unspecified atom stereocenters. The van der Waals surface area contributed by atoms with Gasteiger partial charge in [0.1, 0.15) is 4.99 Å². The number of halogens is 1. The quantitative estimate of drug-likeness (QED) is 0.783. The van der Waals surface area contributed by atoms with E-state index < -0.39 is 15.3 Å². The van der Waals surface area contributed by atoms with Crippen molar-refractivity contribution >= 4 is 48.8 Å². The lowest BCUT2D eigenvalue weighted by molar-refractivity contribution is 0.0984. The van der Waals surface area contributed by atoms with Gasteiger partial charge in [0.15, 0.2) is 0 Å². The van der Waals surface area contributed by atoms with Gasteiger partial charge in [-0.25, -0.2) is 8.42 Å². The van der Waals surface area contributed by atoms with Crippen LogP contribution in [0.2, 0.25) is 0 Å². The number of thiocarbonyl (C=S) groups is 1. The van der Waals surface area contributed by atoms with Crippen molar-refractivity contribution < 1.29 is 13.2 Å². The second-order valence-electron chi connectivity index (χ2n) is 4.51. The standard InChI is InChI=1S/C12H15BrN2O3S2/c13-8-1-2-11(10(7-8)12(14)19)15-20(16,17)9-3-5-18-6-4-9/h1-2,7,9,15H,3-6H2,(H2,14,19). The van der Waals surface area contributed by atoms with Gasteiger partial charge in [0.2, 0.25) is 10.0 Å². The summed E-state index contributed by atoms with van der Waals surface area (Å²) in [5, 5.41) is -0.445. The Labute approximate surface area is 132 Å². The Morgan fingerprint density at radius 2 is 2.05 bits per heavy atom. The zero-order chi connectivity index (χ0) is 14.8. The fourth-order valence-corrected chi connectivity index (χ4v) is 4.03. The molecule has 8 heteroatoms. The fourth-order valence-electron chi connectivity index (χ4n) is 2.03. The molecule has 0 atom stereocenters. The normalized spacial score (nSPS) is 16.9. The maximum absolute atomic E-state index is 12.4. The maximum Gasteiger partial charge on any atom is 0.235 e. The molecule has 0 aliphatic carbocycles. The Morgan fingerprint density at radius 3 is 2.65 bits per heavy atom. The molecule has 1 aromatic carbocycles. The lowest BCUT2D eigenvalue weighted by Crippen LogP contribution is -2.33. The van der Waals surface area contributed by atoms with Crippen molar-refractivity contribution in [3.05, 3.63) is 28.2 Å². The van der Waals surface area contributed by atoms with Crippen LogP contribution < -0.4 is 10.5 Å². The minimum atomic E-state index is -3.47. The highest BCUT2D eigenvalue weighted by Gasteiger charge is 2.28.